The van der Waals surface area contributed by atoms with Gasteiger partial charge in [0.1, 0.15) is 11.9 Å². The number of benzene rings is 1. The lowest BCUT2D eigenvalue weighted by Gasteiger charge is -2.47. The molecule has 9 heteroatoms. The Morgan fingerprint density at radius 1 is 1.09 bits per heavy atom. The molecule has 4 unspecified atom stereocenters. The van der Waals surface area contributed by atoms with E-state index in [0.29, 0.717) is 23.4 Å². The van der Waals surface area contributed by atoms with Gasteiger partial charge in [0.25, 0.3) is 5.91 Å². The van der Waals surface area contributed by atoms with Crippen molar-refractivity contribution in [3.63, 3.8) is 0 Å². The first-order valence-electron chi connectivity index (χ1n) is 10.3. The molecule has 2 aliphatic carbocycles. The van der Waals surface area contributed by atoms with Gasteiger partial charge >= 0.3 is 0 Å². The van der Waals surface area contributed by atoms with Gasteiger partial charge in [0.05, 0.1) is 34.6 Å². The number of halogens is 3. The third-order valence-electron chi connectivity index (χ3n) is 6.88. The predicted molar refractivity (Wildman–Crippen MR) is 111 cm³/mol. The summed E-state index contributed by atoms with van der Waals surface area (Å²) in [6.45, 7) is 0.595. The molecule has 3 aromatic rings. The Bertz CT molecular complexity index is 1220. The molecule has 2 saturated carbocycles. The summed E-state index contributed by atoms with van der Waals surface area (Å²) in [6, 6.07) is 7.58. The van der Waals surface area contributed by atoms with Crippen molar-refractivity contribution in [3.05, 3.63) is 71.1 Å². The van der Waals surface area contributed by atoms with Gasteiger partial charge in [-0.3, -0.25) is 4.79 Å². The first-order valence-corrected chi connectivity index (χ1v) is 10.7. The van der Waals surface area contributed by atoms with Crippen molar-refractivity contribution in [3.8, 4) is 17.3 Å². The van der Waals surface area contributed by atoms with Crippen molar-refractivity contribution >= 4 is 17.5 Å². The Kier molecular flexibility index (Phi) is 4.24. The second-order valence-corrected chi connectivity index (χ2v) is 9.04. The number of nitrogens with zero attached hydrogens (tertiary/aromatic N) is 4. The monoisotopic (exact) mass is 454 g/mol. The molecule has 1 aliphatic heterocycles. The lowest BCUT2D eigenvalue weighted by Crippen LogP contribution is -2.59. The number of hydrogen-bond acceptors (Lipinski definition) is 5. The SMILES string of the molecule is O=C(c1cccc(F)c1-c1ncc(F)cn1)N1CC2CC23CC(Oc2ccc(Cl)cn2)C13. The average Bonchev–Trinajstić information content (AvgIpc) is 3.43. The maximum atomic E-state index is 14.8. The van der Waals surface area contributed by atoms with Crippen LogP contribution in [-0.4, -0.2) is 44.4 Å². The molecule has 1 saturated heterocycles. The van der Waals surface area contributed by atoms with Gasteiger partial charge in [-0.15, -0.1) is 0 Å². The van der Waals surface area contributed by atoms with Crippen molar-refractivity contribution < 1.29 is 18.3 Å². The van der Waals surface area contributed by atoms with Crippen LogP contribution in [0, 0.1) is 23.0 Å². The minimum atomic E-state index is -0.634. The largest absolute Gasteiger partial charge is 0.472 e. The maximum Gasteiger partial charge on any atom is 0.255 e. The fourth-order valence-electron chi connectivity index (χ4n) is 5.37. The number of amides is 1. The van der Waals surface area contributed by atoms with Crippen LogP contribution >= 0.6 is 11.6 Å². The van der Waals surface area contributed by atoms with E-state index >= 15 is 0 Å². The third-order valence-corrected chi connectivity index (χ3v) is 7.10. The molecule has 1 spiro atoms. The zero-order chi connectivity index (χ0) is 22.0. The Balaban J connectivity index is 1.31. The molecule has 3 fully saturated rings. The average molecular weight is 455 g/mol. The van der Waals surface area contributed by atoms with Crippen LogP contribution in [0.25, 0.3) is 11.4 Å². The van der Waals surface area contributed by atoms with E-state index in [9.17, 15) is 13.6 Å². The van der Waals surface area contributed by atoms with Crippen LogP contribution in [0.2, 0.25) is 5.02 Å². The van der Waals surface area contributed by atoms with Gasteiger partial charge in [-0.1, -0.05) is 17.7 Å². The lowest BCUT2D eigenvalue weighted by atomic mass is 9.73. The van der Waals surface area contributed by atoms with Crippen LogP contribution in [0.4, 0.5) is 8.78 Å². The van der Waals surface area contributed by atoms with E-state index in [1.807, 2.05) is 0 Å². The molecule has 3 heterocycles. The summed E-state index contributed by atoms with van der Waals surface area (Å²) in [5.74, 6) is -0.719. The zero-order valence-corrected chi connectivity index (χ0v) is 17.5. The number of carbonyl (C=O) groups is 1. The van der Waals surface area contributed by atoms with Crippen LogP contribution in [0.15, 0.2) is 48.9 Å². The summed E-state index contributed by atoms with van der Waals surface area (Å²) in [4.78, 5) is 27.3. The zero-order valence-electron chi connectivity index (χ0n) is 16.7. The van der Waals surface area contributed by atoms with Crippen LogP contribution in [0.5, 0.6) is 5.88 Å². The molecule has 4 atom stereocenters. The third kappa shape index (κ3) is 2.89. The molecule has 2 aromatic heterocycles. The van der Waals surface area contributed by atoms with E-state index in [-0.39, 0.29) is 40.4 Å². The summed E-state index contributed by atoms with van der Waals surface area (Å²) >= 11 is 5.90. The van der Waals surface area contributed by atoms with Crippen LogP contribution < -0.4 is 4.74 Å². The molecule has 0 bridgehead atoms. The normalized spacial score (nSPS) is 27.3. The highest BCUT2D eigenvalue weighted by Crippen LogP contribution is 2.71. The number of pyridine rings is 1. The molecule has 0 radical (unpaired) electrons. The highest BCUT2D eigenvalue weighted by Gasteiger charge is 2.76. The summed E-state index contributed by atoms with van der Waals surface area (Å²) in [5.41, 5.74) is 0.207. The fourth-order valence-corrected chi connectivity index (χ4v) is 5.48. The minimum Gasteiger partial charge on any atom is -0.472 e. The van der Waals surface area contributed by atoms with E-state index in [2.05, 4.69) is 15.0 Å². The molecule has 6 nitrogen and oxygen atoms in total. The van der Waals surface area contributed by atoms with Crippen LogP contribution in [-0.2, 0) is 0 Å². The Labute approximate surface area is 187 Å². The summed E-state index contributed by atoms with van der Waals surface area (Å²) in [5, 5.41) is 0.518. The van der Waals surface area contributed by atoms with Gasteiger partial charge < -0.3 is 9.64 Å². The van der Waals surface area contributed by atoms with Gasteiger partial charge in [-0.2, -0.15) is 0 Å². The van der Waals surface area contributed by atoms with Crippen LogP contribution in [0.3, 0.4) is 0 Å². The lowest BCUT2D eigenvalue weighted by molar-refractivity contribution is -0.0345. The number of rotatable bonds is 4. The molecular weight excluding hydrogens is 438 g/mol. The molecule has 0 N–H and O–H groups in total. The second-order valence-electron chi connectivity index (χ2n) is 8.60. The van der Waals surface area contributed by atoms with Gasteiger partial charge in [0.15, 0.2) is 11.6 Å². The number of aromatic nitrogens is 3. The smallest absolute Gasteiger partial charge is 0.255 e. The van der Waals surface area contributed by atoms with Crippen molar-refractivity contribution in [1.82, 2.24) is 19.9 Å². The minimum absolute atomic E-state index is 0.0247. The predicted octanol–water partition coefficient (Wildman–Crippen LogP) is 4.15. The number of ether oxygens (including phenoxy) is 1. The number of likely N-dealkylation sites (tertiary alicyclic amines) is 1. The molecule has 1 amide bonds. The highest BCUT2D eigenvalue weighted by atomic mass is 35.5. The number of hydrogen-bond donors (Lipinski definition) is 0. The topological polar surface area (TPSA) is 68.2 Å². The first kappa shape index (κ1) is 19.5. The van der Waals surface area contributed by atoms with Crippen molar-refractivity contribution in [1.29, 1.82) is 0 Å². The van der Waals surface area contributed by atoms with Crippen molar-refractivity contribution in [2.45, 2.75) is 25.0 Å². The Morgan fingerprint density at radius 2 is 1.91 bits per heavy atom. The van der Waals surface area contributed by atoms with E-state index in [1.54, 1.807) is 23.1 Å². The molecule has 3 aliphatic rings. The number of piperidine rings is 1. The summed E-state index contributed by atoms with van der Waals surface area (Å²) in [6.07, 6.45) is 5.15. The molecule has 1 aromatic carbocycles. The van der Waals surface area contributed by atoms with Crippen molar-refractivity contribution in [2.24, 2.45) is 11.3 Å². The van der Waals surface area contributed by atoms with Gasteiger partial charge in [-0.05, 0) is 37.0 Å². The quantitative estimate of drug-likeness (QED) is 0.592. The van der Waals surface area contributed by atoms with Gasteiger partial charge in [-0.25, -0.2) is 23.7 Å². The first-order chi connectivity index (χ1) is 15.5. The highest BCUT2D eigenvalue weighted by molar-refractivity contribution is 6.30. The Morgan fingerprint density at radius 3 is 2.66 bits per heavy atom. The van der Waals surface area contributed by atoms with E-state index in [4.69, 9.17) is 16.3 Å². The standard InChI is InChI=1S/C23H17ClF2N4O2/c24-13-4-5-18(27-8-13)32-17-7-23-6-12(23)11-30(20(17)23)22(31)15-2-1-3-16(26)19(15)21-28-9-14(25)10-29-21/h1-5,8-10,12,17,20H,6-7,11H2. The van der Waals surface area contributed by atoms with E-state index < -0.39 is 11.6 Å². The van der Waals surface area contributed by atoms with E-state index in [0.717, 1.165) is 25.2 Å². The molecular formula is C23H17ClF2N4O2. The molecule has 162 valence electrons. The number of carbonyl (C=O) groups excluding carboxylic acids is 1. The van der Waals surface area contributed by atoms with E-state index in [1.165, 1.54) is 18.3 Å². The van der Waals surface area contributed by atoms with Gasteiger partial charge in [0.2, 0.25) is 5.88 Å². The van der Waals surface area contributed by atoms with Crippen LogP contribution in [0.1, 0.15) is 23.2 Å². The fraction of sp³-hybridized carbons (Fsp3) is 0.304. The summed E-state index contributed by atoms with van der Waals surface area (Å²) < 4.78 is 34.1. The maximum absolute atomic E-state index is 14.8. The van der Waals surface area contributed by atoms with Gasteiger partial charge in [0, 0.05) is 24.2 Å². The second kappa shape index (κ2) is 6.93. The summed E-state index contributed by atoms with van der Waals surface area (Å²) in [7, 11) is 0. The van der Waals surface area contributed by atoms with Crippen molar-refractivity contribution in [2.75, 3.05) is 6.54 Å². The molecule has 32 heavy (non-hydrogen) atoms. The molecule has 6 rings (SSSR count). The Hall–Kier alpha value is -3.13.